The van der Waals surface area contributed by atoms with Gasteiger partial charge in [-0.1, -0.05) is 12.1 Å². The minimum atomic E-state index is -0.826. The second-order valence-electron chi connectivity index (χ2n) is 7.56. The van der Waals surface area contributed by atoms with Crippen LogP contribution in [-0.4, -0.2) is 44.2 Å². The van der Waals surface area contributed by atoms with Crippen molar-refractivity contribution in [2.24, 2.45) is 0 Å². The molecule has 1 aliphatic rings. The maximum absolute atomic E-state index is 13.4. The van der Waals surface area contributed by atoms with Crippen molar-refractivity contribution in [3.63, 3.8) is 0 Å². The van der Waals surface area contributed by atoms with Crippen LogP contribution in [0.15, 0.2) is 36.4 Å². The van der Waals surface area contributed by atoms with E-state index in [4.69, 9.17) is 9.47 Å². The lowest BCUT2D eigenvalue weighted by Gasteiger charge is -2.32. The molecule has 0 radical (unpaired) electrons. The molecule has 7 heteroatoms. The lowest BCUT2D eigenvalue weighted by atomic mass is 10.0. The molecule has 1 amide bonds. The van der Waals surface area contributed by atoms with Gasteiger partial charge in [0.25, 0.3) is 0 Å². The highest BCUT2D eigenvalue weighted by molar-refractivity contribution is 5.76. The molecule has 1 fully saturated rings. The number of hydrogen-bond donors (Lipinski definition) is 1. The quantitative estimate of drug-likeness (QED) is 0.710. The Hall–Kier alpha value is -2.67. The number of ether oxygens (including phenoxy) is 2. The third kappa shape index (κ3) is 5.92. The Morgan fingerprint density at radius 2 is 1.70 bits per heavy atom. The first kappa shape index (κ1) is 22.0. The van der Waals surface area contributed by atoms with Crippen LogP contribution in [0.5, 0.6) is 11.5 Å². The van der Waals surface area contributed by atoms with E-state index in [0.29, 0.717) is 30.9 Å². The summed E-state index contributed by atoms with van der Waals surface area (Å²) < 4.78 is 36.9. The topological polar surface area (TPSA) is 50.8 Å². The number of carbonyl (C=O) groups is 1. The van der Waals surface area contributed by atoms with Gasteiger partial charge in [0.05, 0.1) is 14.2 Å². The van der Waals surface area contributed by atoms with Crippen molar-refractivity contribution in [2.75, 3.05) is 27.3 Å². The average Bonchev–Trinajstić information content (AvgIpc) is 2.76. The molecule has 0 aliphatic carbocycles. The average molecular weight is 418 g/mol. The number of piperidine rings is 1. The van der Waals surface area contributed by atoms with Crippen LogP contribution in [0.3, 0.4) is 0 Å². The van der Waals surface area contributed by atoms with E-state index in [1.54, 1.807) is 20.3 Å². The molecule has 2 aromatic carbocycles. The smallest absolute Gasteiger partial charge is 0.220 e. The molecule has 30 heavy (non-hydrogen) atoms. The SMILES string of the molecule is COc1ccc(CCC(=O)NC2CCN(Cc3ccc(F)c(F)c3)CC2)cc1OC. The molecular formula is C23H28F2N2O3. The van der Waals surface area contributed by atoms with Crippen LogP contribution in [0.1, 0.15) is 30.4 Å². The predicted molar refractivity (Wildman–Crippen MR) is 111 cm³/mol. The van der Waals surface area contributed by atoms with Crippen LogP contribution in [0.25, 0.3) is 0 Å². The van der Waals surface area contributed by atoms with E-state index >= 15 is 0 Å². The van der Waals surface area contributed by atoms with Crippen molar-refractivity contribution < 1.29 is 23.0 Å². The molecule has 0 bridgehead atoms. The fraction of sp³-hybridized carbons (Fsp3) is 0.435. The summed E-state index contributed by atoms with van der Waals surface area (Å²) in [6.07, 6.45) is 2.71. The Balaban J connectivity index is 1.41. The number of aryl methyl sites for hydroxylation is 1. The summed E-state index contributed by atoms with van der Waals surface area (Å²) in [6, 6.07) is 9.83. The van der Waals surface area contributed by atoms with Gasteiger partial charge in [-0.25, -0.2) is 8.78 Å². The fourth-order valence-electron chi connectivity index (χ4n) is 3.73. The summed E-state index contributed by atoms with van der Waals surface area (Å²) in [5.74, 6) is -0.286. The van der Waals surface area contributed by atoms with Crippen LogP contribution in [0, 0.1) is 11.6 Å². The summed E-state index contributed by atoms with van der Waals surface area (Å²) in [4.78, 5) is 14.5. The third-order valence-corrected chi connectivity index (χ3v) is 5.43. The van der Waals surface area contributed by atoms with Gasteiger partial charge >= 0.3 is 0 Å². The Labute approximate surface area is 176 Å². The zero-order valence-electron chi connectivity index (χ0n) is 17.4. The standard InChI is InChI=1S/C23H28F2N2O3/c1-29-21-7-4-16(14-22(21)30-2)5-8-23(28)26-18-9-11-27(12-10-18)15-17-3-6-19(24)20(25)13-17/h3-4,6-7,13-14,18H,5,8-12,15H2,1-2H3,(H,26,28). The number of halogens is 2. The van der Waals surface area contributed by atoms with Gasteiger partial charge in [-0.3, -0.25) is 9.69 Å². The van der Waals surface area contributed by atoms with Gasteiger partial charge in [0.15, 0.2) is 23.1 Å². The second-order valence-corrected chi connectivity index (χ2v) is 7.56. The molecule has 1 saturated heterocycles. The highest BCUT2D eigenvalue weighted by Gasteiger charge is 2.21. The van der Waals surface area contributed by atoms with Gasteiger partial charge in [-0.15, -0.1) is 0 Å². The van der Waals surface area contributed by atoms with Crippen LogP contribution in [-0.2, 0) is 17.8 Å². The van der Waals surface area contributed by atoms with E-state index in [2.05, 4.69) is 10.2 Å². The lowest BCUT2D eigenvalue weighted by molar-refractivity contribution is -0.122. The number of nitrogens with one attached hydrogen (secondary N) is 1. The Kier molecular flexibility index (Phi) is 7.63. The molecule has 0 atom stereocenters. The predicted octanol–water partition coefficient (Wildman–Crippen LogP) is 3.70. The molecule has 3 rings (SSSR count). The van der Waals surface area contributed by atoms with Crippen LogP contribution in [0.2, 0.25) is 0 Å². The number of likely N-dealkylation sites (tertiary alicyclic amines) is 1. The number of methoxy groups -OCH3 is 2. The van der Waals surface area contributed by atoms with E-state index in [1.165, 1.54) is 6.07 Å². The molecule has 0 unspecified atom stereocenters. The van der Waals surface area contributed by atoms with Gasteiger partial charge < -0.3 is 14.8 Å². The largest absolute Gasteiger partial charge is 0.493 e. The number of nitrogens with zero attached hydrogens (tertiary/aromatic N) is 1. The maximum Gasteiger partial charge on any atom is 0.220 e. The monoisotopic (exact) mass is 418 g/mol. The highest BCUT2D eigenvalue weighted by Crippen LogP contribution is 2.28. The summed E-state index contributed by atoms with van der Waals surface area (Å²) >= 11 is 0. The number of carbonyl (C=O) groups excluding carboxylic acids is 1. The third-order valence-electron chi connectivity index (χ3n) is 5.43. The lowest BCUT2D eigenvalue weighted by Crippen LogP contribution is -2.44. The van der Waals surface area contributed by atoms with Gasteiger partial charge in [0.1, 0.15) is 0 Å². The Bertz CT molecular complexity index is 868. The molecule has 0 saturated carbocycles. The molecule has 2 aromatic rings. The van der Waals surface area contributed by atoms with E-state index in [0.717, 1.165) is 43.1 Å². The van der Waals surface area contributed by atoms with Crippen molar-refractivity contribution in [1.82, 2.24) is 10.2 Å². The van der Waals surface area contributed by atoms with E-state index in [1.807, 2.05) is 18.2 Å². The van der Waals surface area contributed by atoms with Crippen molar-refractivity contribution in [1.29, 1.82) is 0 Å². The van der Waals surface area contributed by atoms with E-state index < -0.39 is 11.6 Å². The Morgan fingerprint density at radius 3 is 2.37 bits per heavy atom. The van der Waals surface area contributed by atoms with E-state index in [-0.39, 0.29) is 11.9 Å². The molecule has 1 aliphatic heterocycles. The van der Waals surface area contributed by atoms with E-state index in [9.17, 15) is 13.6 Å². The minimum absolute atomic E-state index is 0.0313. The molecule has 1 heterocycles. The zero-order chi connectivity index (χ0) is 21.5. The molecule has 1 N–H and O–H groups in total. The molecule has 0 spiro atoms. The van der Waals surface area contributed by atoms with Gasteiger partial charge in [-0.05, 0) is 54.7 Å². The van der Waals surface area contributed by atoms with Crippen LogP contribution >= 0.6 is 0 Å². The van der Waals surface area contributed by atoms with Gasteiger partial charge in [0, 0.05) is 32.1 Å². The second kappa shape index (κ2) is 10.4. The zero-order valence-corrected chi connectivity index (χ0v) is 17.4. The number of benzene rings is 2. The maximum atomic E-state index is 13.4. The van der Waals surface area contributed by atoms with Crippen LogP contribution < -0.4 is 14.8 Å². The van der Waals surface area contributed by atoms with Crippen molar-refractivity contribution in [3.05, 3.63) is 59.2 Å². The minimum Gasteiger partial charge on any atom is -0.493 e. The molecule has 5 nitrogen and oxygen atoms in total. The van der Waals surface area contributed by atoms with Gasteiger partial charge in [0.2, 0.25) is 5.91 Å². The summed E-state index contributed by atoms with van der Waals surface area (Å²) in [5.41, 5.74) is 1.77. The Morgan fingerprint density at radius 1 is 1.00 bits per heavy atom. The van der Waals surface area contributed by atoms with Gasteiger partial charge in [-0.2, -0.15) is 0 Å². The van der Waals surface area contributed by atoms with Crippen molar-refractivity contribution >= 4 is 5.91 Å². The first-order valence-electron chi connectivity index (χ1n) is 10.1. The van der Waals surface area contributed by atoms with Crippen LogP contribution in [0.4, 0.5) is 8.78 Å². The molecular weight excluding hydrogens is 390 g/mol. The molecule has 0 aromatic heterocycles. The highest BCUT2D eigenvalue weighted by atomic mass is 19.2. The fourth-order valence-corrected chi connectivity index (χ4v) is 3.73. The summed E-state index contributed by atoms with van der Waals surface area (Å²) in [6.45, 7) is 2.19. The van der Waals surface area contributed by atoms with Crippen molar-refractivity contribution in [2.45, 2.75) is 38.3 Å². The summed E-state index contributed by atoms with van der Waals surface area (Å²) in [5, 5.41) is 3.11. The number of amides is 1. The molecule has 162 valence electrons. The first-order valence-corrected chi connectivity index (χ1v) is 10.1. The van der Waals surface area contributed by atoms with Crippen molar-refractivity contribution in [3.8, 4) is 11.5 Å². The number of hydrogen-bond acceptors (Lipinski definition) is 4. The first-order chi connectivity index (χ1) is 14.5. The number of rotatable bonds is 8. The normalized spacial score (nSPS) is 15.1. The summed E-state index contributed by atoms with van der Waals surface area (Å²) in [7, 11) is 3.18.